The number of nitrogens with zero attached hydrogens (tertiary/aromatic N) is 2. The minimum absolute atomic E-state index is 0.458. The molecule has 0 bridgehead atoms. The third-order valence-electron chi connectivity index (χ3n) is 4.74. The number of likely N-dealkylation sites (tertiary alicyclic amines) is 2. The molecule has 2 fully saturated rings. The highest BCUT2D eigenvalue weighted by Gasteiger charge is 2.24. The highest BCUT2D eigenvalue weighted by atomic mass is 16.5. The first-order valence-electron chi connectivity index (χ1n) is 8.37. The predicted molar refractivity (Wildman–Crippen MR) is 82.1 cm³/mol. The normalized spacial score (nSPS) is 27.0. The second-order valence-electron chi connectivity index (χ2n) is 6.27. The summed E-state index contributed by atoms with van der Waals surface area (Å²) in [7, 11) is 1.73. The van der Waals surface area contributed by atoms with Crippen molar-refractivity contribution in [3.05, 3.63) is 0 Å². The molecule has 4 heteroatoms. The summed E-state index contributed by atoms with van der Waals surface area (Å²) in [6.45, 7) is 11.3. The molecule has 2 heterocycles. The standard InChI is InChI=1S/C16H32N2O2/c1-3-17-8-4-5-15(13-17)14-18-9-6-16(7-10-18)20-12-11-19-2/h15-16H,3-14H2,1-2H3/t15-/m1/s1. The summed E-state index contributed by atoms with van der Waals surface area (Å²) < 4.78 is 10.9. The Morgan fingerprint density at radius 2 is 1.80 bits per heavy atom. The minimum Gasteiger partial charge on any atom is -0.382 e. The Hall–Kier alpha value is -0.160. The van der Waals surface area contributed by atoms with E-state index in [9.17, 15) is 0 Å². The molecule has 20 heavy (non-hydrogen) atoms. The van der Waals surface area contributed by atoms with Gasteiger partial charge in [-0.25, -0.2) is 0 Å². The third-order valence-corrected chi connectivity index (χ3v) is 4.74. The first-order chi connectivity index (χ1) is 9.81. The number of rotatable bonds is 7. The zero-order valence-corrected chi connectivity index (χ0v) is 13.4. The zero-order chi connectivity index (χ0) is 14.2. The van der Waals surface area contributed by atoms with Gasteiger partial charge >= 0.3 is 0 Å². The molecule has 0 N–H and O–H groups in total. The third kappa shape index (κ3) is 5.32. The summed E-state index contributed by atoms with van der Waals surface area (Å²) in [6.07, 6.45) is 5.64. The fraction of sp³-hybridized carbons (Fsp3) is 1.00. The average Bonchev–Trinajstić information content (AvgIpc) is 2.49. The van der Waals surface area contributed by atoms with Crippen LogP contribution < -0.4 is 0 Å². The Balaban J connectivity index is 1.61. The fourth-order valence-corrected chi connectivity index (χ4v) is 3.51. The molecular formula is C16H32N2O2. The van der Waals surface area contributed by atoms with E-state index in [2.05, 4.69) is 16.7 Å². The van der Waals surface area contributed by atoms with Crippen LogP contribution in [-0.2, 0) is 9.47 Å². The van der Waals surface area contributed by atoms with Gasteiger partial charge in [0.15, 0.2) is 0 Å². The smallest absolute Gasteiger partial charge is 0.0704 e. The van der Waals surface area contributed by atoms with E-state index in [0.717, 1.165) is 19.1 Å². The summed E-state index contributed by atoms with van der Waals surface area (Å²) in [5.74, 6) is 0.884. The molecule has 0 unspecified atom stereocenters. The summed E-state index contributed by atoms with van der Waals surface area (Å²) in [5.41, 5.74) is 0. The van der Waals surface area contributed by atoms with Crippen molar-refractivity contribution in [3.8, 4) is 0 Å². The number of hydrogen-bond donors (Lipinski definition) is 0. The number of piperidine rings is 2. The van der Waals surface area contributed by atoms with E-state index < -0.39 is 0 Å². The zero-order valence-electron chi connectivity index (χ0n) is 13.4. The lowest BCUT2D eigenvalue weighted by Crippen LogP contribution is -2.44. The van der Waals surface area contributed by atoms with Crippen LogP contribution in [0.5, 0.6) is 0 Å². The van der Waals surface area contributed by atoms with Gasteiger partial charge in [0, 0.05) is 33.3 Å². The van der Waals surface area contributed by atoms with Crippen LogP contribution in [0, 0.1) is 5.92 Å². The molecule has 0 saturated carbocycles. The Kier molecular flexibility index (Phi) is 7.28. The van der Waals surface area contributed by atoms with Crippen LogP contribution in [0.25, 0.3) is 0 Å². The fourth-order valence-electron chi connectivity index (χ4n) is 3.51. The highest BCUT2D eigenvalue weighted by molar-refractivity contribution is 4.79. The quantitative estimate of drug-likeness (QED) is 0.666. The summed E-state index contributed by atoms with van der Waals surface area (Å²) >= 11 is 0. The van der Waals surface area contributed by atoms with Gasteiger partial charge in [0.05, 0.1) is 19.3 Å². The molecule has 0 aliphatic carbocycles. The second kappa shape index (κ2) is 8.98. The molecule has 0 amide bonds. The Morgan fingerprint density at radius 3 is 2.50 bits per heavy atom. The lowest BCUT2D eigenvalue weighted by molar-refractivity contribution is -0.0182. The Morgan fingerprint density at radius 1 is 1.00 bits per heavy atom. The van der Waals surface area contributed by atoms with Crippen molar-refractivity contribution >= 4 is 0 Å². The maximum Gasteiger partial charge on any atom is 0.0704 e. The van der Waals surface area contributed by atoms with E-state index in [0.29, 0.717) is 6.10 Å². The van der Waals surface area contributed by atoms with Gasteiger partial charge in [-0.2, -0.15) is 0 Å². The molecule has 0 spiro atoms. The molecule has 4 nitrogen and oxygen atoms in total. The van der Waals surface area contributed by atoms with Crippen LogP contribution in [0.4, 0.5) is 0 Å². The molecule has 2 aliphatic rings. The molecule has 0 aromatic heterocycles. The van der Waals surface area contributed by atoms with E-state index in [4.69, 9.17) is 9.47 Å². The average molecular weight is 284 g/mol. The van der Waals surface area contributed by atoms with Gasteiger partial charge in [-0.1, -0.05) is 6.92 Å². The van der Waals surface area contributed by atoms with Gasteiger partial charge in [-0.05, 0) is 44.7 Å². The Labute approximate surface area is 124 Å². The largest absolute Gasteiger partial charge is 0.382 e. The second-order valence-corrected chi connectivity index (χ2v) is 6.27. The lowest BCUT2D eigenvalue weighted by Gasteiger charge is -2.38. The van der Waals surface area contributed by atoms with Crippen molar-refractivity contribution in [2.75, 3.05) is 59.6 Å². The topological polar surface area (TPSA) is 24.9 Å². The first kappa shape index (κ1) is 16.2. The van der Waals surface area contributed by atoms with E-state index in [1.54, 1.807) is 7.11 Å². The van der Waals surface area contributed by atoms with Gasteiger partial charge in [-0.3, -0.25) is 0 Å². The van der Waals surface area contributed by atoms with E-state index in [1.165, 1.54) is 65.0 Å². The van der Waals surface area contributed by atoms with Crippen molar-refractivity contribution in [1.82, 2.24) is 9.80 Å². The van der Waals surface area contributed by atoms with Crippen molar-refractivity contribution in [3.63, 3.8) is 0 Å². The van der Waals surface area contributed by atoms with E-state index in [-0.39, 0.29) is 0 Å². The summed E-state index contributed by atoms with van der Waals surface area (Å²) in [4.78, 5) is 5.26. The van der Waals surface area contributed by atoms with Gasteiger partial charge in [0.25, 0.3) is 0 Å². The van der Waals surface area contributed by atoms with Gasteiger partial charge < -0.3 is 19.3 Å². The van der Waals surface area contributed by atoms with Crippen molar-refractivity contribution in [1.29, 1.82) is 0 Å². The highest BCUT2D eigenvalue weighted by Crippen LogP contribution is 2.20. The molecule has 0 radical (unpaired) electrons. The summed E-state index contributed by atoms with van der Waals surface area (Å²) in [6, 6.07) is 0. The van der Waals surface area contributed by atoms with Crippen LogP contribution >= 0.6 is 0 Å². The summed E-state index contributed by atoms with van der Waals surface area (Å²) in [5, 5.41) is 0. The van der Waals surface area contributed by atoms with Crippen LogP contribution in [0.15, 0.2) is 0 Å². The van der Waals surface area contributed by atoms with E-state index >= 15 is 0 Å². The van der Waals surface area contributed by atoms with Crippen LogP contribution in [0.1, 0.15) is 32.6 Å². The number of hydrogen-bond acceptors (Lipinski definition) is 4. The van der Waals surface area contributed by atoms with Gasteiger partial charge in [0.2, 0.25) is 0 Å². The minimum atomic E-state index is 0.458. The van der Waals surface area contributed by atoms with Crippen LogP contribution in [0.2, 0.25) is 0 Å². The molecule has 2 rings (SSSR count). The maximum atomic E-state index is 5.84. The molecule has 1 atom stereocenters. The molecule has 118 valence electrons. The number of methoxy groups -OCH3 is 1. The van der Waals surface area contributed by atoms with Gasteiger partial charge in [-0.15, -0.1) is 0 Å². The SMILES string of the molecule is CCN1CCC[C@@H](CN2CCC(OCCOC)CC2)C1. The van der Waals surface area contributed by atoms with E-state index in [1.807, 2.05) is 0 Å². The van der Waals surface area contributed by atoms with Crippen LogP contribution in [-0.4, -0.2) is 75.5 Å². The van der Waals surface area contributed by atoms with Crippen molar-refractivity contribution in [2.45, 2.75) is 38.7 Å². The Bertz CT molecular complexity index is 255. The molecule has 0 aromatic carbocycles. The van der Waals surface area contributed by atoms with Gasteiger partial charge in [0.1, 0.15) is 0 Å². The van der Waals surface area contributed by atoms with Crippen molar-refractivity contribution < 1.29 is 9.47 Å². The molecule has 2 aliphatic heterocycles. The predicted octanol–water partition coefficient (Wildman–Crippen LogP) is 1.85. The lowest BCUT2D eigenvalue weighted by atomic mass is 9.96. The first-order valence-corrected chi connectivity index (χ1v) is 8.37. The molecular weight excluding hydrogens is 252 g/mol. The molecule has 2 saturated heterocycles. The van der Waals surface area contributed by atoms with Crippen molar-refractivity contribution in [2.24, 2.45) is 5.92 Å². The van der Waals surface area contributed by atoms with Crippen LogP contribution in [0.3, 0.4) is 0 Å². The molecule has 0 aromatic rings. The maximum absolute atomic E-state index is 5.84. The number of ether oxygens (including phenoxy) is 2. The monoisotopic (exact) mass is 284 g/mol.